The van der Waals surface area contributed by atoms with Gasteiger partial charge in [0.1, 0.15) is 5.92 Å². The maximum absolute atomic E-state index is 10.5. The quantitative estimate of drug-likeness (QED) is 0.614. The molecule has 0 unspecified atom stereocenters. The molecule has 2 rings (SSSR count). The lowest BCUT2D eigenvalue weighted by Crippen LogP contribution is -2.17. The number of hydrogen-bond acceptors (Lipinski definition) is 3. The van der Waals surface area contributed by atoms with Gasteiger partial charge in [-0.05, 0) is 6.08 Å². The van der Waals surface area contributed by atoms with E-state index in [2.05, 4.69) is 9.98 Å². The van der Waals surface area contributed by atoms with Gasteiger partial charge in [0.05, 0.1) is 0 Å². The van der Waals surface area contributed by atoms with Crippen LogP contribution in [0.1, 0.15) is 0 Å². The van der Waals surface area contributed by atoms with Crippen molar-refractivity contribution in [1.29, 1.82) is 0 Å². The van der Waals surface area contributed by atoms with Crippen LogP contribution in [0.15, 0.2) is 33.9 Å². The third kappa shape index (κ3) is 0.972. The van der Waals surface area contributed by atoms with Crippen LogP contribution in [0.4, 0.5) is 0 Å². The Balaban J connectivity index is 2.33. The van der Waals surface area contributed by atoms with Crippen LogP contribution in [0, 0.1) is 5.92 Å². The van der Waals surface area contributed by atoms with E-state index in [1.165, 1.54) is 6.21 Å². The number of hydrogen-bond donors (Lipinski definition) is 1. The molecule has 4 nitrogen and oxygen atoms in total. The third-order valence-corrected chi connectivity index (χ3v) is 1.71. The zero-order valence-corrected chi connectivity index (χ0v) is 6.14. The lowest BCUT2D eigenvalue weighted by atomic mass is 10.0. The first-order chi connectivity index (χ1) is 5.77. The van der Waals surface area contributed by atoms with Crippen LogP contribution in [0.3, 0.4) is 0 Å². The van der Waals surface area contributed by atoms with Gasteiger partial charge in [-0.15, -0.1) is 0 Å². The smallest absolute Gasteiger partial charge is 0.315 e. The van der Waals surface area contributed by atoms with Gasteiger partial charge in [0, 0.05) is 18.0 Å². The van der Waals surface area contributed by atoms with Crippen molar-refractivity contribution >= 4 is 18.0 Å². The van der Waals surface area contributed by atoms with Gasteiger partial charge in [0.2, 0.25) is 0 Å². The second-order valence-corrected chi connectivity index (χ2v) is 2.53. The fraction of sp³-hybridized carbons (Fsp3) is 0.125. The molecule has 0 amide bonds. The number of carboxylic acid groups (broad SMARTS) is 1. The molecule has 4 heteroatoms. The highest BCUT2D eigenvalue weighted by molar-refractivity contribution is 6.12. The Morgan fingerprint density at radius 3 is 3.17 bits per heavy atom. The predicted octanol–water partition coefficient (Wildman–Crippen LogP) is 0.624. The number of nitrogens with zero attached hydrogens (tertiary/aromatic N) is 2. The molecule has 0 spiro atoms. The summed E-state index contributed by atoms with van der Waals surface area (Å²) in [5.74, 6) is -0.889. The summed E-state index contributed by atoms with van der Waals surface area (Å²) < 4.78 is 0. The van der Waals surface area contributed by atoms with Crippen molar-refractivity contribution in [3.05, 3.63) is 23.9 Å². The third-order valence-electron chi connectivity index (χ3n) is 1.71. The predicted molar refractivity (Wildman–Crippen MR) is 44.3 cm³/mol. The van der Waals surface area contributed by atoms with Crippen molar-refractivity contribution in [2.45, 2.75) is 0 Å². The van der Waals surface area contributed by atoms with Crippen LogP contribution in [0.5, 0.6) is 0 Å². The van der Waals surface area contributed by atoms with Gasteiger partial charge in [-0.25, -0.2) is 9.98 Å². The van der Waals surface area contributed by atoms with E-state index in [0.717, 1.165) is 5.57 Å². The molecule has 1 N–H and O–H groups in total. The van der Waals surface area contributed by atoms with Crippen molar-refractivity contribution in [2.24, 2.45) is 15.9 Å². The van der Waals surface area contributed by atoms with Gasteiger partial charge < -0.3 is 5.11 Å². The summed E-state index contributed by atoms with van der Waals surface area (Å²) in [5.41, 5.74) is 0.796. The van der Waals surface area contributed by atoms with E-state index in [9.17, 15) is 4.79 Å². The van der Waals surface area contributed by atoms with E-state index in [0.29, 0.717) is 5.84 Å². The molecule has 2 heterocycles. The zero-order valence-electron chi connectivity index (χ0n) is 6.14. The average molecular weight is 162 g/mol. The molecule has 12 heavy (non-hydrogen) atoms. The molecular formula is C8H6N2O2. The van der Waals surface area contributed by atoms with Crippen LogP contribution in [0.25, 0.3) is 0 Å². The summed E-state index contributed by atoms with van der Waals surface area (Å²) in [6.45, 7) is 0. The first-order valence-electron chi connectivity index (χ1n) is 3.51. The Hall–Kier alpha value is -1.71. The molecule has 2 aliphatic heterocycles. The molecule has 0 bridgehead atoms. The van der Waals surface area contributed by atoms with E-state index in [1.54, 1.807) is 18.4 Å². The molecule has 2 aliphatic rings. The number of aliphatic carboxylic acids is 1. The SMILES string of the molecule is O=C(O)[C@H]1C=NC2=NC=CC2=C1. The standard InChI is InChI=1S/C8H6N2O2/c11-8(12)6-3-5-1-2-9-7(5)10-4-6/h1-4,6H,(H,11,12)/t6-/m1/s1. The first kappa shape index (κ1) is 6.97. The minimum atomic E-state index is -0.884. The number of amidine groups is 1. The summed E-state index contributed by atoms with van der Waals surface area (Å²) in [6.07, 6.45) is 6.39. The Bertz CT molecular complexity index is 350. The number of carboxylic acids is 1. The summed E-state index contributed by atoms with van der Waals surface area (Å²) in [7, 11) is 0. The monoisotopic (exact) mass is 162 g/mol. The number of fused-ring (bicyclic) bond motifs is 1. The zero-order chi connectivity index (χ0) is 8.55. The minimum absolute atomic E-state index is 0.604. The van der Waals surface area contributed by atoms with Gasteiger partial charge >= 0.3 is 5.97 Å². The van der Waals surface area contributed by atoms with E-state index in [1.807, 2.05) is 0 Å². The Labute approximate surface area is 68.6 Å². The highest BCUT2D eigenvalue weighted by Crippen LogP contribution is 2.16. The summed E-state index contributed by atoms with van der Waals surface area (Å²) >= 11 is 0. The maximum Gasteiger partial charge on any atom is 0.315 e. The lowest BCUT2D eigenvalue weighted by molar-refractivity contribution is -0.137. The molecular weight excluding hydrogens is 156 g/mol. The van der Waals surface area contributed by atoms with Crippen molar-refractivity contribution in [1.82, 2.24) is 0 Å². The van der Waals surface area contributed by atoms with Crippen LogP contribution >= 0.6 is 0 Å². The second kappa shape index (κ2) is 2.41. The largest absolute Gasteiger partial charge is 0.481 e. The fourth-order valence-electron chi connectivity index (χ4n) is 1.10. The molecule has 0 aliphatic carbocycles. The summed E-state index contributed by atoms with van der Waals surface area (Å²) in [4.78, 5) is 18.4. The Morgan fingerprint density at radius 1 is 1.58 bits per heavy atom. The maximum atomic E-state index is 10.5. The van der Waals surface area contributed by atoms with Gasteiger partial charge in [-0.2, -0.15) is 0 Å². The van der Waals surface area contributed by atoms with Gasteiger partial charge in [0.25, 0.3) is 0 Å². The summed E-state index contributed by atoms with van der Waals surface area (Å²) in [6, 6.07) is 0. The lowest BCUT2D eigenvalue weighted by Gasteiger charge is -2.07. The topological polar surface area (TPSA) is 62.0 Å². The highest BCUT2D eigenvalue weighted by atomic mass is 16.4. The fourth-order valence-corrected chi connectivity index (χ4v) is 1.10. The molecule has 0 fully saturated rings. The normalized spacial score (nSPS) is 24.8. The molecule has 0 aromatic heterocycles. The van der Waals surface area contributed by atoms with Crippen LogP contribution in [-0.2, 0) is 4.79 Å². The van der Waals surface area contributed by atoms with Crippen molar-refractivity contribution in [3.63, 3.8) is 0 Å². The van der Waals surface area contributed by atoms with E-state index in [4.69, 9.17) is 5.11 Å². The number of dihydropyridines is 1. The van der Waals surface area contributed by atoms with Crippen LogP contribution in [-0.4, -0.2) is 23.1 Å². The molecule has 0 saturated heterocycles. The second-order valence-electron chi connectivity index (χ2n) is 2.53. The Kier molecular flexibility index (Phi) is 1.40. The van der Waals surface area contributed by atoms with Crippen LogP contribution < -0.4 is 0 Å². The average Bonchev–Trinajstić information content (AvgIpc) is 2.49. The first-order valence-corrected chi connectivity index (χ1v) is 3.51. The molecule has 60 valence electrons. The molecule has 0 radical (unpaired) electrons. The number of aliphatic imine (C=N–C) groups is 2. The molecule has 0 saturated carbocycles. The minimum Gasteiger partial charge on any atom is -0.481 e. The van der Waals surface area contributed by atoms with Crippen molar-refractivity contribution in [3.8, 4) is 0 Å². The van der Waals surface area contributed by atoms with E-state index < -0.39 is 11.9 Å². The van der Waals surface area contributed by atoms with Crippen molar-refractivity contribution < 1.29 is 9.90 Å². The van der Waals surface area contributed by atoms with E-state index in [-0.39, 0.29) is 0 Å². The molecule has 0 aromatic carbocycles. The Morgan fingerprint density at radius 2 is 2.42 bits per heavy atom. The van der Waals surface area contributed by atoms with Crippen LogP contribution in [0.2, 0.25) is 0 Å². The van der Waals surface area contributed by atoms with Gasteiger partial charge in [-0.1, -0.05) is 6.08 Å². The number of carbonyl (C=O) groups is 1. The number of rotatable bonds is 1. The van der Waals surface area contributed by atoms with Gasteiger partial charge in [-0.3, -0.25) is 4.79 Å². The van der Waals surface area contributed by atoms with Crippen molar-refractivity contribution in [2.75, 3.05) is 0 Å². The molecule has 1 atom stereocenters. The summed E-state index contributed by atoms with van der Waals surface area (Å²) in [5, 5.41) is 8.66. The van der Waals surface area contributed by atoms with E-state index >= 15 is 0 Å². The van der Waals surface area contributed by atoms with Gasteiger partial charge in [0.15, 0.2) is 5.84 Å². The molecule has 0 aromatic rings. The highest BCUT2D eigenvalue weighted by Gasteiger charge is 2.20.